The van der Waals surface area contributed by atoms with Crippen molar-refractivity contribution in [2.45, 2.75) is 6.92 Å². The Morgan fingerprint density at radius 1 is 1.06 bits per heavy atom. The number of hydrogen-bond acceptors (Lipinski definition) is 3. The second-order valence-corrected chi connectivity index (χ2v) is 4.27. The topological polar surface area (TPSA) is 68.4 Å². The summed E-state index contributed by atoms with van der Waals surface area (Å²) in [5, 5.41) is 19.6. The fourth-order valence-corrected chi connectivity index (χ4v) is 2.09. The molecule has 0 aliphatic heterocycles. The summed E-state index contributed by atoms with van der Waals surface area (Å²) < 4.78 is 1.67. The Morgan fingerprint density at radius 2 is 1.67 bits per heavy atom. The Labute approximate surface area is 102 Å². The van der Waals surface area contributed by atoms with Crippen molar-refractivity contribution in [1.29, 1.82) is 0 Å². The minimum Gasteiger partial charge on any atom is -0.508 e. The van der Waals surface area contributed by atoms with E-state index in [0.29, 0.717) is 16.6 Å². The lowest BCUT2D eigenvalue weighted by Crippen LogP contribution is -2.20. The average Bonchev–Trinajstić information content (AvgIpc) is 2.35. The highest BCUT2D eigenvalue weighted by Gasteiger charge is 2.18. The van der Waals surface area contributed by atoms with Crippen LogP contribution in [-0.4, -0.2) is 15.0 Å². The highest BCUT2D eigenvalue weighted by Crippen LogP contribution is 2.21. The normalized spacial score (nSPS) is 11.2. The van der Waals surface area contributed by atoms with Crippen LogP contribution in [0.3, 0.4) is 0 Å². The lowest BCUT2D eigenvalue weighted by molar-refractivity contribution is -0.433. The van der Waals surface area contributed by atoms with E-state index in [2.05, 4.69) is 0 Å². The third-order valence-electron chi connectivity index (χ3n) is 2.98. The van der Waals surface area contributed by atoms with Gasteiger partial charge in [0.2, 0.25) is 0 Å². The quantitative estimate of drug-likeness (QED) is 0.360. The van der Waals surface area contributed by atoms with Crippen LogP contribution in [0, 0.1) is 11.8 Å². The lowest BCUT2D eigenvalue weighted by atomic mass is 10.2. The Hall–Kier alpha value is -2.56. The molecule has 0 saturated carbocycles. The van der Waals surface area contributed by atoms with Crippen molar-refractivity contribution in [3.63, 3.8) is 0 Å². The van der Waals surface area contributed by atoms with Crippen molar-refractivity contribution >= 4 is 22.1 Å². The number of fused-ring (bicyclic) bond motifs is 2. The fourth-order valence-electron chi connectivity index (χ4n) is 2.09. The molecule has 2 aromatic carbocycles. The van der Waals surface area contributed by atoms with Crippen molar-refractivity contribution < 1.29 is 14.7 Å². The van der Waals surface area contributed by atoms with Gasteiger partial charge in [-0.05, 0) is 24.6 Å². The molecule has 0 fully saturated rings. The first-order chi connectivity index (χ1) is 8.58. The van der Waals surface area contributed by atoms with Crippen molar-refractivity contribution in [3.05, 3.63) is 46.9 Å². The van der Waals surface area contributed by atoms with Gasteiger partial charge in [0.15, 0.2) is 11.0 Å². The molecule has 3 rings (SSSR count). The molecule has 90 valence electrons. The van der Waals surface area contributed by atoms with E-state index in [4.69, 9.17) is 0 Å². The molecule has 1 heterocycles. The number of hydrogen-bond donors (Lipinski definition) is 2. The Balaban J connectivity index is 2.65. The molecule has 0 unspecified atom stereocenters. The second-order valence-electron chi connectivity index (χ2n) is 4.27. The minimum atomic E-state index is -0.00250. The second kappa shape index (κ2) is 3.46. The van der Waals surface area contributed by atoms with Crippen LogP contribution >= 0.6 is 0 Å². The molecule has 1 aromatic heterocycles. The Kier molecular flexibility index (Phi) is 2.04. The van der Waals surface area contributed by atoms with E-state index in [-0.39, 0.29) is 11.3 Å². The Bertz CT molecular complexity index is 771. The first kappa shape index (κ1) is 10.6. The van der Waals surface area contributed by atoms with Gasteiger partial charge in [0.1, 0.15) is 5.75 Å². The van der Waals surface area contributed by atoms with E-state index in [1.165, 1.54) is 18.2 Å². The first-order valence-electron chi connectivity index (χ1n) is 5.48. The van der Waals surface area contributed by atoms with Crippen molar-refractivity contribution in [2.75, 3.05) is 0 Å². The van der Waals surface area contributed by atoms with Crippen LogP contribution in [0.5, 0.6) is 5.75 Å². The molecule has 0 bridgehead atoms. The van der Waals surface area contributed by atoms with E-state index in [0.717, 1.165) is 14.7 Å². The summed E-state index contributed by atoms with van der Waals surface area (Å²) in [4.78, 5) is 12.2. The van der Waals surface area contributed by atoms with Crippen LogP contribution in [0.25, 0.3) is 22.1 Å². The van der Waals surface area contributed by atoms with E-state index < -0.39 is 0 Å². The van der Waals surface area contributed by atoms with Gasteiger partial charge in [0.25, 0.3) is 11.0 Å². The number of phenols is 1. The summed E-state index contributed by atoms with van der Waals surface area (Å²) in [6.07, 6.45) is 0. The zero-order valence-corrected chi connectivity index (χ0v) is 9.66. The number of aromatic nitrogens is 2. The number of benzene rings is 2. The summed E-state index contributed by atoms with van der Waals surface area (Å²) >= 11 is 0. The number of nitrogens with zero attached hydrogens (tertiary/aromatic N) is 2. The van der Waals surface area contributed by atoms with Crippen LogP contribution < -0.4 is 4.43 Å². The van der Waals surface area contributed by atoms with Gasteiger partial charge < -0.3 is 10.3 Å². The molecule has 0 saturated heterocycles. The highest BCUT2D eigenvalue weighted by atomic mass is 16.5. The first-order valence-corrected chi connectivity index (χ1v) is 5.48. The van der Waals surface area contributed by atoms with E-state index in [9.17, 15) is 15.2 Å². The van der Waals surface area contributed by atoms with Gasteiger partial charge in [-0.15, -0.1) is 0 Å². The summed E-state index contributed by atoms with van der Waals surface area (Å²) in [6, 6.07) is 9.43. The number of rotatable bonds is 0. The van der Waals surface area contributed by atoms with Crippen LogP contribution in [0.1, 0.15) is 5.56 Å². The molecule has 3 aromatic rings. The monoisotopic (exact) mass is 243 g/mol. The van der Waals surface area contributed by atoms with Crippen LogP contribution in [0.4, 0.5) is 0 Å². The molecule has 0 radical (unpaired) electrons. The summed E-state index contributed by atoms with van der Waals surface area (Å²) in [5.74, 6) is -0.00250. The van der Waals surface area contributed by atoms with Gasteiger partial charge >= 0.3 is 0 Å². The van der Waals surface area contributed by atoms with Gasteiger partial charge in [-0.3, -0.25) is 0 Å². The fraction of sp³-hybridized carbons (Fsp3) is 0.0769. The lowest BCUT2D eigenvalue weighted by Gasteiger charge is -2.04. The molecule has 2 N–H and O–H groups in total. The third-order valence-corrected chi connectivity index (χ3v) is 2.98. The molecular weight excluding hydrogens is 232 g/mol. The highest BCUT2D eigenvalue weighted by molar-refractivity contribution is 5.83. The van der Waals surface area contributed by atoms with Gasteiger partial charge in [-0.2, -0.15) is 4.73 Å². The maximum Gasteiger partial charge on any atom is 0.290 e. The van der Waals surface area contributed by atoms with Gasteiger partial charge in [-0.25, -0.2) is 0 Å². The average molecular weight is 243 g/mol. The summed E-state index contributed by atoms with van der Waals surface area (Å²) in [7, 11) is 0. The third kappa shape index (κ3) is 1.34. The predicted molar refractivity (Wildman–Crippen MR) is 66.4 cm³/mol. The molecule has 0 amide bonds. The summed E-state index contributed by atoms with van der Waals surface area (Å²) in [5.41, 5.74) is 2.28. The van der Waals surface area contributed by atoms with Crippen molar-refractivity contribution in [2.24, 2.45) is 0 Å². The Morgan fingerprint density at radius 3 is 2.39 bits per heavy atom. The predicted octanol–water partition coefficient (Wildman–Crippen LogP) is 1.96. The van der Waals surface area contributed by atoms with Gasteiger partial charge in [0, 0.05) is 23.1 Å². The largest absolute Gasteiger partial charge is 0.508 e. The molecule has 0 spiro atoms. The van der Waals surface area contributed by atoms with E-state index in [1.807, 2.05) is 13.0 Å². The molecule has 0 atom stereocenters. The molecule has 18 heavy (non-hydrogen) atoms. The molecule has 0 aliphatic rings. The van der Waals surface area contributed by atoms with Gasteiger partial charge in [-0.1, -0.05) is 6.07 Å². The van der Waals surface area contributed by atoms with E-state index in [1.54, 1.807) is 12.1 Å². The number of aromatic hydroxyl groups is 1. The SMILES string of the molecule is Cc1ccc2c(c1)n(O)c1cc(O)ccc1[n+]2=O. The molecular formula is C13H11N2O3+. The smallest absolute Gasteiger partial charge is 0.290 e. The standard InChI is InChI=1S/C13H10N2O3/c1-8-2-4-10-12(6-8)15(18)13-7-9(16)3-5-11(13)14(10)17/h2-7,18H,1H3/p+1. The molecule has 5 nitrogen and oxygen atoms in total. The van der Waals surface area contributed by atoms with E-state index >= 15 is 0 Å². The van der Waals surface area contributed by atoms with Crippen molar-refractivity contribution in [3.8, 4) is 5.75 Å². The van der Waals surface area contributed by atoms with Gasteiger partial charge in [0.05, 0.1) is 4.43 Å². The number of phenolic OH excluding ortho intramolecular Hbond substituents is 1. The maximum absolute atomic E-state index is 12.2. The van der Waals surface area contributed by atoms with Crippen LogP contribution in [-0.2, 0) is 0 Å². The van der Waals surface area contributed by atoms with Crippen LogP contribution in [0.2, 0.25) is 0 Å². The van der Waals surface area contributed by atoms with Crippen molar-refractivity contribution in [1.82, 2.24) is 4.73 Å². The zero-order chi connectivity index (χ0) is 12.9. The molecule has 5 heteroatoms. The summed E-state index contributed by atoms with van der Waals surface area (Å²) in [6.45, 7) is 1.88. The zero-order valence-electron chi connectivity index (χ0n) is 9.66. The molecule has 0 aliphatic carbocycles. The van der Waals surface area contributed by atoms with Crippen LogP contribution in [0.15, 0.2) is 36.4 Å². The maximum atomic E-state index is 12.2. The number of aryl methyl sites for hydroxylation is 1. The minimum absolute atomic E-state index is 0.00250.